The molecule has 0 bridgehead atoms. The summed E-state index contributed by atoms with van der Waals surface area (Å²) < 4.78 is 50.3. The molecule has 358 valence electrons. The van der Waals surface area contributed by atoms with Crippen LogP contribution in [0.2, 0.25) is 0 Å². The Balaban J connectivity index is 1.06. The molecule has 65 heavy (non-hydrogen) atoms. The minimum atomic E-state index is -0.344. The van der Waals surface area contributed by atoms with Crippen molar-refractivity contribution >= 4 is 23.6 Å². The lowest BCUT2D eigenvalue weighted by molar-refractivity contribution is -0.134. The number of carbonyl (C=O) groups excluding carboxylic acids is 4. The van der Waals surface area contributed by atoms with Crippen molar-refractivity contribution in [2.75, 3.05) is 139 Å². The van der Waals surface area contributed by atoms with Crippen LogP contribution in [0.15, 0.2) is 66.7 Å². The van der Waals surface area contributed by atoms with Crippen LogP contribution in [0.4, 0.5) is 0 Å². The third kappa shape index (κ3) is 19.2. The van der Waals surface area contributed by atoms with E-state index >= 15 is 0 Å². The molecule has 0 atom stereocenters. The number of ether oxygens (including phenoxy) is 9. The van der Waals surface area contributed by atoms with Crippen molar-refractivity contribution in [1.82, 2.24) is 20.4 Å². The fourth-order valence-corrected chi connectivity index (χ4v) is 6.31. The topological polar surface area (TPSA) is 208 Å². The fraction of sp³-hybridized carbons (Fsp3) is 0.532. The van der Waals surface area contributed by atoms with Crippen molar-refractivity contribution in [2.45, 2.75) is 26.2 Å². The third-order valence-electron chi connectivity index (χ3n) is 9.85. The van der Waals surface area contributed by atoms with Gasteiger partial charge in [-0.25, -0.2) is 0 Å². The number of carbonyl (C=O) groups is 4. The van der Waals surface area contributed by atoms with Gasteiger partial charge in [-0.05, 0) is 47.4 Å². The van der Waals surface area contributed by atoms with Gasteiger partial charge < -0.3 is 68.8 Å². The third-order valence-corrected chi connectivity index (χ3v) is 9.85. The fourth-order valence-electron chi connectivity index (χ4n) is 6.31. The standard InChI is InChI=1S/C47H67N5O13/c1-47(2,3)37-13-11-36(12-14-37)45(55)50-34-42(53)49-16-22-63-38-7-5-8-39(33-38)65-35-43(54)51-17-19-52(20-18-51)46(56)40-9-6-10-41(44(40)57-4)64-32-31-62-30-29-61-28-27-60-26-25-59-24-23-58-21-15-48/h5-14,33H,15-32,34-35,48H2,1-4H3,(H,49,53)(H,50,55). The molecule has 0 spiro atoms. The van der Waals surface area contributed by atoms with Gasteiger partial charge in [-0.15, -0.1) is 0 Å². The number of hydrogen-bond donors (Lipinski definition) is 3. The van der Waals surface area contributed by atoms with Crippen LogP contribution in [0.25, 0.3) is 0 Å². The molecule has 0 radical (unpaired) electrons. The zero-order valence-electron chi connectivity index (χ0n) is 38.3. The van der Waals surface area contributed by atoms with Crippen molar-refractivity contribution < 1.29 is 61.8 Å². The summed E-state index contributed by atoms with van der Waals surface area (Å²) in [6, 6.07) is 19.3. The highest BCUT2D eigenvalue weighted by Crippen LogP contribution is 2.32. The second-order valence-corrected chi connectivity index (χ2v) is 15.7. The summed E-state index contributed by atoms with van der Waals surface area (Å²) in [5.74, 6) is 0.580. The first kappa shape index (κ1) is 52.1. The monoisotopic (exact) mass is 909 g/mol. The van der Waals surface area contributed by atoms with Crippen molar-refractivity contribution in [1.29, 1.82) is 0 Å². The van der Waals surface area contributed by atoms with Crippen LogP contribution in [0.1, 0.15) is 47.1 Å². The van der Waals surface area contributed by atoms with Crippen LogP contribution in [0.5, 0.6) is 23.0 Å². The molecule has 0 aliphatic carbocycles. The number of methoxy groups -OCH3 is 1. The van der Waals surface area contributed by atoms with Gasteiger partial charge in [-0.1, -0.05) is 45.0 Å². The smallest absolute Gasteiger partial charge is 0.260 e. The number of rotatable bonds is 30. The van der Waals surface area contributed by atoms with E-state index in [1.54, 1.807) is 64.4 Å². The summed E-state index contributed by atoms with van der Waals surface area (Å²) in [4.78, 5) is 54.8. The van der Waals surface area contributed by atoms with Crippen molar-refractivity contribution in [2.24, 2.45) is 5.73 Å². The summed E-state index contributed by atoms with van der Waals surface area (Å²) in [6.45, 7) is 12.9. The number of piperazine rings is 1. The predicted molar refractivity (Wildman–Crippen MR) is 242 cm³/mol. The molecule has 0 aromatic heterocycles. The Labute approximate surface area is 382 Å². The molecule has 1 aliphatic heterocycles. The normalized spacial score (nSPS) is 12.7. The minimum Gasteiger partial charge on any atom is -0.492 e. The van der Waals surface area contributed by atoms with Gasteiger partial charge in [-0.3, -0.25) is 19.2 Å². The summed E-state index contributed by atoms with van der Waals surface area (Å²) in [7, 11) is 1.49. The molecule has 1 heterocycles. The van der Waals surface area contributed by atoms with Crippen LogP contribution in [0, 0.1) is 0 Å². The van der Waals surface area contributed by atoms with Gasteiger partial charge in [0.05, 0.1) is 91.8 Å². The molecule has 1 aliphatic rings. The highest BCUT2D eigenvalue weighted by Gasteiger charge is 2.28. The van der Waals surface area contributed by atoms with Crippen LogP contribution in [-0.2, 0) is 38.7 Å². The van der Waals surface area contributed by atoms with Crippen molar-refractivity contribution in [3.8, 4) is 23.0 Å². The minimum absolute atomic E-state index is 0.0238. The highest BCUT2D eigenvalue weighted by molar-refractivity contribution is 5.98. The van der Waals surface area contributed by atoms with Gasteiger partial charge in [0.1, 0.15) is 24.7 Å². The largest absolute Gasteiger partial charge is 0.492 e. The Morgan fingerprint density at radius 2 is 1.18 bits per heavy atom. The quantitative estimate of drug-likeness (QED) is 0.0823. The Morgan fingerprint density at radius 1 is 0.631 bits per heavy atom. The Hall–Kier alpha value is -5.50. The lowest BCUT2D eigenvalue weighted by Gasteiger charge is -2.35. The van der Waals surface area contributed by atoms with Crippen LogP contribution >= 0.6 is 0 Å². The van der Waals surface area contributed by atoms with Gasteiger partial charge in [0, 0.05) is 44.4 Å². The van der Waals surface area contributed by atoms with Crippen molar-refractivity contribution in [3.05, 3.63) is 83.4 Å². The summed E-state index contributed by atoms with van der Waals surface area (Å²) >= 11 is 0. The van der Waals surface area contributed by atoms with E-state index < -0.39 is 0 Å². The number of nitrogens with zero attached hydrogens (tertiary/aromatic N) is 2. The zero-order chi connectivity index (χ0) is 46.7. The number of nitrogens with two attached hydrogens (primary N) is 1. The Bertz CT molecular complexity index is 1880. The maximum Gasteiger partial charge on any atom is 0.260 e. The number of hydrogen-bond acceptors (Lipinski definition) is 14. The van der Waals surface area contributed by atoms with E-state index in [4.69, 9.17) is 48.4 Å². The van der Waals surface area contributed by atoms with Gasteiger partial charge in [-0.2, -0.15) is 0 Å². The van der Waals surface area contributed by atoms with Gasteiger partial charge in [0.15, 0.2) is 18.1 Å². The average Bonchev–Trinajstić information content (AvgIpc) is 3.31. The van der Waals surface area contributed by atoms with E-state index in [9.17, 15) is 19.2 Å². The second-order valence-electron chi connectivity index (χ2n) is 15.7. The Kier molecular flexibility index (Phi) is 23.4. The predicted octanol–water partition coefficient (Wildman–Crippen LogP) is 2.70. The molecular formula is C47H67N5O13. The van der Waals surface area contributed by atoms with E-state index in [-0.39, 0.29) is 62.0 Å². The molecule has 3 aromatic carbocycles. The number of para-hydroxylation sites is 1. The highest BCUT2D eigenvalue weighted by atomic mass is 16.6. The molecule has 18 nitrogen and oxygen atoms in total. The Morgan fingerprint density at radius 3 is 1.77 bits per heavy atom. The van der Waals surface area contributed by atoms with E-state index in [2.05, 4.69) is 31.4 Å². The average molecular weight is 910 g/mol. The molecule has 0 unspecified atom stereocenters. The number of amides is 4. The first-order chi connectivity index (χ1) is 31.5. The summed E-state index contributed by atoms with van der Waals surface area (Å²) in [5, 5.41) is 5.35. The van der Waals surface area contributed by atoms with Gasteiger partial charge in [0.2, 0.25) is 5.91 Å². The zero-order valence-corrected chi connectivity index (χ0v) is 38.3. The van der Waals surface area contributed by atoms with E-state index in [0.29, 0.717) is 133 Å². The number of benzene rings is 3. The molecule has 4 amide bonds. The first-order valence-corrected chi connectivity index (χ1v) is 22.0. The van der Waals surface area contributed by atoms with Crippen LogP contribution < -0.4 is 35.3 Å². The SMILES string of the molecule is COc1c(OCCOCCOCCOCCOCCOCCN)cccc1C(=O)N1CCN(C(=O)COc2cccc(OCCNC(=O)CNC(=O)c3ccc(C(C)(C)C)cc3)c2)CC1. The van der Waals surface area contributed by atoms with E-state index in [0.717, 1.165) is 5.56 Å². The molecule has 1 fully saturated rings. The van der Waals surface area contributed by atoms with E-state index in [1.807, 2.05) is 12.1 Å². The molecule has 4 rings (SSSR count). The maximum absolute atomic E-state index is 13.6. The second kappa shape index (κ2) is 29.1. The summed E-state index contributed by atoms with van der Waals surface area (Å²) in [6.07, 6.45) is 0. The first-order valence-electron chi connectivity index (χ1n) is 22.0. The molecular weight excluding hydrogens is 843 g/mol. The maximum atomic E-state index is 13.6. The molecule has 4 N–H and O–H groups in total. The molecule has 0 saturated carbocycles. The van der Waals surface area contributed by atoms with Crippen LogP contribution in [0.3, 0.4) is 0 Å². The molecule has 3 aromatic rings. The van der Waals surface area contributed by atoms with Crippen molar-refractivity contribution in [3.63, 3.8) is 0 Å². The molecule has 18 heteroatoms. The molecule has 1 saturated heterocycles. The van der Waals surface area contributed by atoms with Crippen LogP contribution in [-0.4, -0.2) is 172 Å². The van der Waals surface area contributed by atoms with Gasteiger partial charge >= 0.3 is 0 Å². The lowest BCUT2D eigenvalue weighted by atomic mass is 9.87. The lowest BCUT2D eigenvalue weighted by Crippen LogP contribution is -2.51. The van der Waals surface area contributed by atoms with Gasteiger partial charge in [0.25, 0.3) is 17.7 Å². The summed E-state index contributed by atoms with van der Waals surface area (Å²) in [5.41, 5.74) is 7.29. The number of nitrogens with one attached hydrogen (secondary N) is 2. The van der Waals surface area contributed by atoms with E-state index in [1.165, 1.54) is 7.11 Å².